The van der Waals surface area contributed by atoms with Crippen molar-refractivity contribution >= 4 is 15.7 Å². The zero-order valence-electron chi connectivity index (χ0n) is 12.0. The highest BCUT2D eigenvalue weighted by atomic mass is 32.2. The molecule has 1 aromatic carbocycles. The van der Waals surface area contributed by atoms with Gasteiger partial charge < -0.3 is 15.6 Å². The highest BCUT2D eigenvalue weighted by Gasteiger charge is 2.18. The van der Waals surface area contributed by atoms with Crippen LogP contribution in [0.1, 0.15) is 17.5 Å². The van der Waals surface area contributed by atoms with Gasteiger partial charge in [0.15, 0.2) is 0 Å². The minimum Gasteiger partial charge on any atom is -0.398 e. The molecule has 1 aromatic rings. The number of ether oxygens (including phenoxy) is 1. The van der Waals surface area contributed by atoms with Crippen molar-refractivity contribution in [3.63, 3.8) is 0 Å². The van der Waals surface area contributed by atoms with E-state index in [4.69, 9.17) is 10.5 Å². The van der Waals surface area contributed by atoms with E-state index in [2.05, 4.69) is 4.72 Å². The predicted octanol–water partition coefficient (Wildman–Crippen LogP) is 0.561. The van der Waals surface area contributed by atoms with Crippen LogP contribution in [0.2, 0.25) is 0 Å². The van der Waals surface area contributed by atoms with Crippen molar-refractivity contribution in [3.8, 4) is 0 Å². The van der Waals surface area contributed by atoms with Gasteiger partial charge in [-0.3, -0.25) is 0 Å². The summed E-state index contributed by atoms with van der Waals surface area (Å²) in [7, 11) is -2.15. The van der Waals surface area contributed by atoms with Crippen LogP contribution in [-0.2, 0) is 14.8 Å². The van der Waals surface area contributed by atoms with Crippen molar-refractivity contribution in [2.75, 3.05) is 26.0 Å². The van der Waals surface area contributed by atoms with E-state index in [1.54, 1.807) is 26.0 Å². The summed E-state index contributed by atoms with van der Waals surface area (Å²) in [5.74, 6) is 0. The van der Waals surface area contributed by atoms with E-state index in [9.17, 15) is 13.5 Å². The monoisotopic (exact) mass is 302 g/mol. The molecule has 0 aromatic heterocycles. The lowest BCUT2D eigenvalue weighted by Crippen LogP contribution is -2.29. The second kappa shape index (κ2) is 7.03. The van der Waals surface area contributed by atoms with E-state index in [0.717, 1.165) is 5.56 Å². The van der Waals surface area contributed by atoms with E-state index < -0.39 is 16.1 Å². The van der Waals surface area contributed by atoms with Gasteiger partial charge in [0.1, 0.15) is 0 Å². The molecular formula is C13H22N2O4S. The Hall–Kier alpha value is -1.15. The van der Waals surface area contributed by atoms with Crippen LogP contribution in [-0.4, -0.2) is 39.9 Å². The van der Waals surface area contributed by atoms with Crippen molar-refractivity contribution in [2.24, 2.45) is 0 Å². The van der Waals surface area contributed by atoms with E-state index in [0.29, 0.717) is 11.3 Å². The summed E-state index contributed by atoms with van der Waals surface area (Å²) in [5, 5.41) is 9.48. The number of nitrogens with two attached hydrogens (primary N) is 1. The zero-order chi connectivity index (χ0) is 15.3. The van der Waals surface area contributed by atoms with Gasteiger partial charge in [-0.15, -0.1) is 0 Å². The fraction of sp³-hybridized carbons (Fsp3) is 0.538. The Morgan fingerprint density at radius 2 is 2.05 bits per heavy atom. The van der Waals surface area contributed by atoms with Crippen molar-refractivity contribution < 1.29 is 18.3 Å². The number of rotatable bonds is 7. The summed E-state index contributed by atoms with van der Waals surface area (Å²) in [5.41, 5.74) is 7.55. The van der Waals surface area contributed by atoms with E-state index in [-0.39, 0.29) is 24.5 Å². The summed E-state index contributed by atoms with van der Waals surface area (Å²) in [6, 6.07) is 3.32. The second-order valence-corrected chi connectivity index (χ2v) is 6.51. The molecule has 0 amide bonds. The maximum atomic E-state index is 12.2. The first-order chi connectivity index (χ1) is 9.27. The van der Waals surface area contributed by atoms with Crippen LogP contribution in [0.25, 0.3) is 0 Å². The predicted molar refractivity (Wildman–Crippen MR) is 78.0 cm³/mol. The van der Waals surface area contributed by atoms with Crippen LogP contribution in [0.15, 0.2) is 17.0 Å². The maximum Gasteiger partial charge on any atom is 0.240 e. The molecule has 1 atom stereocenters. The van der Waals surface area contributed by atoms with Crippen molar-refractivity contribution in [3.05, 3.63) is 23.3 Å². The van der Waals surface area contributed by atoms with Crippen LogP contribution < -0.4 is 10.5 Å². The molecular weight excluding hydrogens is 280 g/mol. The summed E-state index contributed by atoms with van der Waals surface area (Å²) in [6.45, 7) is 3.78. The third-order valence-electron chi connectivity index (χ3n) is 2.96. The molecule has 114 valence electrons. The zero-order valence-corrected chi connectivity index (χ0v) is 12.8. The molecule has 1 rings (SSSR count). The SMILES string of the molecule is COCC(O)CCNS(=O)(=O)c1cc(C)cc(N)c1C. The van der Waals surface area contributed by atoms with Gasteiger partial charge in [0.25, 0.3) is 0 Å². The average molecular weight is 302 g/mol. The highest BCUT2D eigenvalue weighted by Crippen LogP contribution is 2.22. The van der Waals surface area contributed by atoms with Gasteiger partial charge in [-0.1, -0.05) is 0 Å². The highest BCUT2D eigenvalue weighted by molar-refractivity contribution is 7.89. The number of aliphatic hydroxyl groups excluding tert-OH is 1. The van der Waals surface area contributed by atoms with Gasteiger partial charge in [0.2, 0.25) is 10.0 Å². The minimum absolute atomic E-state index is 0.139. The molecule has 0 radical (unpaired) electrons. The Bertz CT molecular complexity index is 558. The summed E-state index contributed by atoms with van der Waals surface area (Å²) in [6.07, 6.45) is -0.403. The minimum atomic E-state index is -3.63. The summed E-state index contributed by atoms with van der Waals surface area (Å²) >= 11 is 0. The van der Waals surface area contributed by atoms with Crippen LogP contribution >= 0.6 is 0 Å². The first kappa shape index (κ1) is 16.9. The van der Waals surface area contributed by atoms with Crippen molar-refractivity contribution in [1.82, 2.24) is 4.72 Å². The first-order valence-corrected chi connectivity index (χ1v) is 7.79. The van der Waals surface area contributed by atoms with Gasteiger partial charge >= 0.3 is 0 Å². The number of hydrogen-bond donors (Lipinski definition) is 3. The lowest BCUT2D eigenvalue weighted by Gasteiger charge is -2.13. The standard InChI is InChI=1S/C13H22N2O4S/c1-9-6-12(14)10(2)13(7-9)20(17,18)15-5-4-11(16)8-19-3/h6-7,11,15-16H,4-5,8,14H2,1-3H3. The molecule has 0 spiro atoms. The number of anilines is 1. The van der Waals surface area contributed by atoms with Gasteiger partial charge in [-0.05, 0) is 43.5 Å². The van der Waals surface area contributed by atoms with Crippen molar-refractivity contribution in [2.45, 2.75) is 31.3 Å². The molecule has 0 aliphatic heterocycles. The Labute approximate surface area is 120 Å². The normalized spacial score (nSPS) is 13.4. The molecule has 0 saturated heterocycles. The largest absolute Gasteiger partial charge is 0.398 e. The van der Waals surface area contributed by atoms with Crippen LogP contribution in [0.5, 0.6) is 0 Å². The molecule has 0 fully saturated rings. The topological polar surface area (TPSA) is 102 Å². The second-order valence-electron chi connectivity index (χ2n) is 4.77. The van der Waals surface area contributed by atoms with Gasteiger partial charge in [0, 0.05) is 19.3 Å². The summed E-state index contributed by atoms with van der Waals surface area (Å²) < 4.78 is 31.7. The molecule has 6 nitrogen and oxygen atoms in total. The Balaban J connectivity index is 2.80. The van der Waals surface area contributed by atoms with E-state index >= 15 is 0 Å². The molecule has 0 aliphatic rings. The molecule has 7 heteroatoms. The fourth-order valence-corrected chi connectivity index (χ4v) is 3.25. The number of nitrogen functional groups attached to an aromatic ring is 1. The molecule has 0 bridgehead atoms. The Morgan fingerprint density at radius 1 is 1.40 bits per heavy atom. The first-order valence-electron chi connectivity index (χ1n) is 6.31. The third kappa shape index (κ3) is 4.45. The molecule has 4 N–H and O–H groups in total. The average Bonchev–Trinajstić information content (AvgIpc) is 2.33. The maximum absolute atomic E-state index is 12.2. The quantitative estimate of drug-likeness (QED) is 0.639. The number of benzene rings is 1. The molecule has 0 aliphatic carbocycles. The third-order valence-corrected chi connectivity index (χ3v) is 4.55. The molecule has 20 heavy (non-hydrogen) atoms. The van der Waals surface area contributed by atoms with Crippen LogP contribution in [0.3, 0.4) is 0 Å². The number of aliphatic hydroxyl groups is 1. The number of methoxy groups -OCH3 is 1. The lowest BCUT2D eigenvalue weighted by atomic mass is 10.1. The van der Waals surface area contributed by atoms with E-state index in [1.165, 1.54) is 7.11 Å². The van der Waals surface area contributed by atoms with Crippen molar-refractivity contribution in [1.29, 1.82) is 0 Å². The fourth-order valence-electron chi connectivity index (χ4n) is 1.84. The smallest absolute Gasteiger partial charge is 0.240 e. The number of hydrogen-bond acceptors (Lipinski definition) is 5. The van der Waals surface area contributed by atoms with E-state index in [1.807, 2.05) is 0 Å². The molecule has 0 saturated carbocycles. The molecule has 0 heterocycles. The van der Waals surface area contributed by atoms with Gasteiger partial charge in [0.05, 0.1) is 17.6 Å². The Morgan fingerprint density at radius 3 is 2.65 bits per heavy atom. The number of sulfonamides is 1. The van der Waals surface area contributed by atoms with Gasteiger partial charge in [-0.2, -0.15) is 0 Å². The number of nitrogens with one attached hydrogen (secondary N) is 1. The van der Waals surface area contributed by atoms with Crippen LogP contribution in [0, 0.1) is 13.8 Å². The Kier molecular flexibility index (Phi) is 5.94. The lowest BCUT2D eigenvalue weighted by molar-refractivity contribution is 0.0603. The van der Waals surface area contributed by atoms with Crippen LogP contribution in [0.4, 0.5) is 5.69 Å². The molecule has 1 unspecified atom stereocenters. The summed E-state index contributed by atoms with van der Waals surface area (Å²) in [4.78, 5) is 0.177. The van der Waals surface area contributed by atoms with Gasteiger partial charge in [-0.25, -0.2) is 13.1 Å². The number of aryl methyl sites for hydroxylation is 1.